The first-order valence-corrected chi connectivity index (χ1v) is 4.27. The Morgan fingerprint density at radius 3 is 2.69 bits per heavy atom. The summed E-state index contributed by atoms with van der Waals surface area (Å²) in [6.07, 6.45) is 0.821. The molecule has 1 heterocycles. The number of nitrogens with zero attached hydrogens (tertiary/aromatic N) is 2. The molecule has 4 nitrogen and oxygen atoms in total. The first-order chi connectivity index (χ1) is 6.00. The van der Waals surface area contributed by atoms with Gasteiger partial charge in [0.2, 0.25) is 0 Å². The molecular formula is C9H14N2O2. The van der Waals surface area contributed by atoms with Crippen LogP contribution in [-0.4, -0.2) is 20.9 Å². The van der Waals surface area contributed by atoms with E-state index >= 15 is 0 Å². The van der Waals surface area contributed by atoms with Crippen LogP contribution in [0.15, 0.2) is 6.07 Å². The van der Waals surface area contributed by atoms with Crippen LogP contribution in [0.5, 0.6) is 0 Å². The molecule has 0 saturated carbocycles. The molecule has 0 amide bonds. The number of carboxylic acids is 1. The number of aromatic carboxylic acids is 1. The molecule has 1 aromatic rings. The van der Waals surface area contributed by atoms with E-state index in [0.29, 0.717) is 5.92 Å². The van der Waals surface area contributed by atoms with E-state index in [1.165, 1.54) is 4.68 Å². The quantitative estimate of drug-likeness (QED) is 0.767. The SMILES string of the molecule is CC(C)Cc1cc(C(=O)O)n(C)n1. The Labute approximate surface area is 77.2 Å². The minimum absolute atomic E-state index is 0.246. The largest absolute Gasteiger partial charge is 0.477 e. The van der Waals surface area contributed by atoms with Gasteiger partial charge in [-0.25, -0.2) is 4.79 Å². The summed E-state index contributed by atoms with van der Waals surface area (Å²) in [6, 6.07) is 1.63. The summed E-state index contributed by atoms with van der Waals surface area (Å²) in [5, 5.41) is 12.9. The van der Waals surface area contributed by atoms with E-state index in [9.17, 15) is 4.79 Å². The molecule has 13 heavy (non-hydrogen) atoms. The van der Waals surface area contributed by atoms with Crippen molar-refractivity contribution in [3.8, 4) is 0 Å². The highest BCUT2D eigenvalue weighted by Gasteiger charge is 2.11. The predicted molar refractivity (Wildman–Crippen MR) is 48.7 cm³/mol. The fourth-order valence-electron chi connectivity index (χ4n) is 1.24. The number of aryl methyl sites for hydroxylation is 1. The molecule has 1 rings (SSSR count). The Morgan fingerprint density at radius 1 is 1.69 bits per heavy atom. The van der Waals surface area contributed by atoms with Gasteiger partial charge in [-0.3, -0.25) is 4.68 Å². The highest BCUT2D eigenvalue weighted by Crippen LogP contribution is 2.08. The third kappa shape index (κ3) is 2.31. The standard InChI is InChI=1S/C9H14N2O2/c1-6(2)4-7-5-8(9(12)13)11(3)10-7/h5-6H,4H2,1-3H3,(H,12,13). The number of hydrogen-bond acceptors (Lipinski definition) is 2. The summed E-state index contributed by atoms with van der Waals surface area (Å²) in [5.41, 5.74) is 1.09. The second-order valence-corrected chi connectivity index (χ2v) is 3.55. The zero-order valence-corrected chi connectivity index (χ0v) is 8.11. The molecule has 4 heteroatoms. The Bertz CT molecular complexity index is 315. The van der Waals surface area contributed by atoms with Gasteiger partial charge in [0.05, 0.1) is 5.69 Å². The molecule has 0 aliphatic carbocycles. The van der Waals surface area contributed by atoms with E-state index < -0.39 is 5.97 Å². The minimum Gasteiger partial charge on any atom is -0.477 e. The van der Waals surface area contributed by atoms with E-state index in [0.717, 1.165) is 12.1 Å². The Kier molecular flexibility index (Phi) is 2.70. The van der Waals surface area contributed by atoms with Crippen LogP contribution in [0.3, 0.4) is 0 Å². The zero-order chi connectivity index (χ0) is 10.0. The molecule has 0 atom stereocenters. The smallest absolute Gasteiger partial charge is 0.354 e. The van der Waals surface area contributed by atoms with Crippen LogP contribution in [0.2, 0.25) is 0 Å². The van der Waals surface area contributed by atoms with E-state index in [1.54, 1.807) is 13.1 Å². The van der Waals surface area contributed by atoms with Crippen molar-refractivity contribution in [2.75, 3.05) is 0 Å². The predicted octanol–water partition coefficient (Wildman–Crippen LogP) is 1.32. The van der Waals surface area contributed by atoms with Gasteiger partial charge in [-0.15, -0.1) is 0 Å². The lowest BCUT2D eigenvalue weighted by Crippen LogP contribution is -2.04. The maximum Gasteiger partial charge on any atom is 0.354 e. The third-order valence-electron chi connectivity index (χ3n) is 1.77. The van der Waals surface area contributed by atoms with Gasteiger partial charge in [0.1, 0.15) is 5.69 Å². The van der Waals surface area contributed by atoms with Gasteiger partial charge in [0.15, 0.2) is 0 Å². The van der Waals surface area contributed by atoms with Crippen molar-refractivity contribution in [1.29, 1.82) is 0 Å². The zero-order valence-electron chi connectivity index (χ0n) is 8.11. The lowest BCUT2D eigenvalue weighted by atomic mass is 10.1. The molecule has 72 valence electrons. The first kappa shape index (κ1) is 9.77. The lowest BCUT2D eigenvalue weighted by molar-refractivity contribution is 0.0685. The maximum atomic E-state index is 10.7. The van der Waals surface area contributed by atoms with Gasteiger partial charge in [-0.2, -0.15) is 5.10 Å². The number of carboxylic acid groups (broad SMARTS) is 1. The Hall–Kier alpha value is -1.32. The summed E-state index contributed by atoms with van der Waals surface area (Å²) in [6.45, 7) is 4.16. The summed E-state index contributed by atoms with van der Waals surface area (Å²) in [5.74, 6) is -0.429. The minimum atomic E-state index is -0.926. The number of rotatable bonds is 3. The summed E-state index contributed by atoms with van der Waals surface area (Å²) in [4.78, 5) is 10.7. The molecule has 0 spiro atoms. The van der Waals surface area contributed by atoms with E-state index in [2.05, 4.69) is 18.9 Å². The van der Waals surface area contributed by atoms with Crippen molar-refractivity contribution in [3.63, 3.8) is 0 Å². The van der Waals surface area contributed by atoms with Crippen molar-refractivity contribution in [3.05, 3.63) is 17.5 Å². The van der Waals surface area contributed by atoms with Crippen molar-refractivity contribution < 1.29 is 9.90 Å². The Morgan fingerprint density at radius 2 is 2.31 bits per heavy atom. The van der Waals surface area contributed by atoms with Gasteiger partial charge in [-0.1, -0.05) is 13.8 Å². The molecule has 1 N–H and O–H groups in total. The van der Waals surface area contributed by atoms with Crippen molar-refractivity contribution in [2.24, 2.45) is 13.0 Å². The molecule has 0 saturated heterocycles. The number of aromatic nitrogens is 2. The van der Waals surface area contributed by atoms with Crippen molar-refractivity contribution in [1.82, 2.24) is 9.78 Å². The molecule has 0 aliphatic heterocycles. The molecule has 1 aromatic heterocycles. The highest BCUT2D eigenvalue weighted by atomic mass is 16.4. The molecule has 0 aromatic carbocycles. The van der Waals surface area contributed by atoms with Crippen LogP contribution in [0.25, 0.3) is 0 Å². The monoisotopic (exact) mass is 182 g/mol. The van der Waals surface area contributed by atoms with Crippen LogP contribution >= 0.6 is 0 Å². The van der Waals surface area contributed by atoms with E-state index in [4.69, 9.17) is 5.11 Å². The molecule has 0 fully saturated rings. The van der Waals surface area contributed by atoms with E-state index in [1.807, 2.05) is 0 Å². The van der Waals surface area contributed by atoms with Gasteiger partial charge < -0.3 is 5.11 Å². The van der Waals surface area contributed by atoms with Crippen LogP contribution in [-0.2, 0) is 13.5 Å². The summed E-state index contributed by atoms with van der Waals surface area (Å²) in [7, 11) is 1.65. The number of carbonyl (C=O) groups is 1. The van der Waals surface area contributed by atoms with Crippen LogP contribution in [0.4, 0.5) is 0 Å². The van der Waals surface area contributed by atoms with Gasteiger partial charge in [-0.05, 0) is 18.4 Å². The van der Waals surface area contributed by atoms with Gasteiger partial charge in [0, 0.05) is 7.05 Å². The Balaban J connectivity index is 2.89. The molecule has 0 aliphatic rings. The normalized spacial score (nSPS) is 10.8. The van der Waals surface area contributed by atoms with Gasteiger partial charge >= 0.3 is 5.97 Å². The van der Waals surface area contributed by atoms with Crippen LogP contribution in [0.1, 0.15) is 30.0 Å². The van der Waals surface area contributed by atoms with E-state index in [-0.39, 0.29) is 5.69 Å². The second-order valence-electron chi connectivity index (χ2n) is 3.55. The molecule has 0 bridgehead atoms. The lowest BCUT2D eigenvalue weighted by Gasteiger charge is -1.98. The van der Waals surface area contributed by atoms with Crippen molar-refractivity contribution in [2.45, 2.75) is 20.3 Å². The highest BCUT2D eigenvalue weighted by molar-refractivity contribution is 5.85. The van der Waals surface area contributed by atoms with Crippen molar-refractivity contribution >= 4 is 5.97 Å². The summed E-state index contributed by atoms with van der Waals surface area (Å²) >= 11 is 0. The van der Waals surface area contributed by atoms with Crippen LogP contribution in [0, 0.1) is 5.92 Å². The maximum absolute atomic E-state index is 10.7. The third-order valence-corrected chi connectivity index (χ3v) is 1.77. The summed E-state index contributed by atoms with van der Waals surface area (Å²) < 4.78 is 1.40. The fraction of sp³-hybridized carbons (Fsp3) is 0.556. The first-order valence-electron chi connectivity index (χ1n) is 4.27. The molecule has 0 unspecified atom stereocenters. The fourth-order valence-corrected chi connectivity index (χ4v) is 1.24. The van der Waals surface area contributed by atoms with Crippen LogP contribution < -0.4 is 0 Å². The molecular weight excluding hydrogens is 168 g/mol. The number of hydrogen-bond donors (Lipinski definition) is 1. The second kappa shape index (κ2) is 3.60. The van der Waals surface area contributed by atoms with Gasteiger partial charge in [0.25, 0.3) is 0 Å². The average Bonchev–Trinajstić information content (AvgIpc) is 2.29. The molecule has 0 radical (unpaired) electrons. The average molecular weight is 182 g/mol. The topological polar surface area (TPSA) is 55.1 Å².